The molecule has 1 aromatic rings. The average molecular weight is 423 g/mol. The Kier molecular flexibility index (Phi) is 7.28. The summed E-state index contributed by atoms with van der Waals surface area (Å²) >= 11 is 0. The maximum atomic E-state index is 11.6. The monoisotopic (exact) mass is 422 g/mol. The molecule has 0 amide bonds. The van der Waals surface area contributed by atoms with Gasteiger partial charge in [-0.2, -0.15) is 0 Å². The highest BCUT2D eigenvalue weighted by atomic mass is 32.2. The van der Waals surface area contributed by atoms with Gasteiger partial charge in [-0.3, -0.25) is 4.72 Å². The van der Waals surface area contributed by atoms with Crippen LogP contribution in [0, 0.1) is 11.8 Å². The molecule has 164 valence electrons. The third-order valence-electron chi connectivity index (χ3n) is 7.33. The first kappa shape index (κ1) is 22.6. The van der Waals surface area contributed by atoms with Crippen LogP contribution in [0.5, 0.6) is 0 Å². The zero-order valence-corrected chi connectivity index (χ0v) is 19.0. The van der Waals surface area contributed by atoms with Gasteiger partial charge in [-0.15, -0.1) is 0 Å². The molecule has 0 radical (unpaired) electrons. The molecule has 3 atom stereocenters. The molecule has 1 aromatic carbocycles. The molecule has 6 heteroatoms. The topological polar surface area (TPSA) is 69.6 Å². The lowest BCUT2D eigenvalue weighted by molar-refractivity contribution is 0.0502. The predicted octanol–water partition coefficient (Wildman–Crippen LogP) is 3.99. The summed E-state index contributed by atoms with van der Waals surface area (Å²) in [6, 6.07) is 7.85. The molecule has 0 unspecified atom stereocenters. The summed E-state index contributed by atoms with van der Waals surface area (Å²) in [5.41, 5.74) is 1.85. The van der Waals surface area contributed by atoms with Gasteiger partial charge in [0.1, 0.15) is 0 Å². The molecule has 2 N–H and O–H groups in total. The van der Waals surface area contributed by atoms with Crippen LogP contribution < -0.4 is 4.72 Å². The Balaban J connectivity index is 1.58. The smallest absolute Gasteiger partial charge is 0.229 e. The van der Waals surface area contributed by atoms with E-state index in [1.807, 2.05) is 12.1 Å². The molecular weight excluding hydrogens is 384 g/mol. The summed E-state index contributed by atoms with van der Waals surface area (Å²) in [7, 11) is -3.27. The molecule has 0 bridgehead atoms. The summed E-state index contributed by atoms with van der Waals surface area (Å²) in [4.78, 5) is 2.50. The van der Waals surface area contributed by atoms with Crippen molar-refractivity contribution in [2.24, 2.45) is 11.8 Å². The van der Waals surface area contributed by atoms with Crippen molar-refractivity contribution in [2.75, 3.05) is 30.6 Å². The maximum absolute atomic E-state index is 11.6. The van der Waals surface area contributed by atoms with Crippen molar-refractivity contribution in [3.8, 4) is 0 Å². The van der Waals surface area contributed by atoms with Crippen LogP contribution in [0.3, 0.4) is 0 Å². The molecule has 1 heterocycles. The number of benzene rings is 1. The number of sulfonamides is 1. The first-order valence-electron chi connectivity index (χ1n) is 11.2. The van der Waals surface area contributed by atoms with Gasteiger partial charge in [-0.25, -0.2) is 8.42 Å². The molecule has 0 aromatic heterocycles. The lowest BCUT2D eigenvalue weighted by Crippen LogP contribution is -2.48. The Morgan fingerprint density at radius 2 is 2.00 bits per heavy atom. The number of nitrogens with one attached hydrogen (secondary N) is 1. The second-order valence-electron chi connectivity index (χ2n) is 9.58. The minimum Gasteiger partial charge on any atom is -0.393 e. The first-order valence-corrected chi connectivity index (χ1v) is 13.1. The molecule has 1 aliphatic carbocycles. The second kappa shape index (κ2) is 9.36. The highest BCUT2D eigenvalue weighted by molar-refractivity contribution is 7.92. The molecular formula is C23H38N2O3S. The molecule has 2 fully saturated rings. The van der Waals surface area contributed by atoms with E-state index in [0.717, 1.165) is 32.5 Å². The fourth-order valence-corrected chi connectivity index (χ4v) is 5.73. The number of anilines is 1. The van der Waals surface area contributed by atoms with E-state index >= 15 is 0 Å². The number of rotatable bonds is 7. The quantitative estimate of drug-likeness (QED) is 0.697. The van der Waals surface area contributed by atoms with Crippen molar-refractivity contribution in [1.82, 2.24) is 4.90 Å². The standard InChI is InChI=1S/C23H38N2O3S/c1-18-17-25(14-12-22(26)19-8-5-4-6-9-19)15-13-23(18,2)20-10-7-11-21(16-20)24-29(3,27)28/h7,10-11,16,18-19,22,24,26H,4-6,8-9,12-15,17H2,1-3H3/t18-,22-,23-/m0/s1. The highest BCUT2D eigenvalue weighted by Crippen LogP contribution is 2.40. The van der Waals surface area contributed by atoms with Crippen LogP contribution in [0.1, 0.15) is 64.4 Å². The minimum atomic E-state index is -3.27. The number of piperidine rings is 1. The van der Waals surface area contributed by atoms with Gasteiger partial charge in [0.05, 0.1) is 12.4 Å². The number of aliphatic hydroxyl groups excluding tert-OH is 1. The van der Waals surface area contributed by atoms with Crippen molar-refractivity contribution in [1.29, 1.82) is 0 Å². The summed E-state index contributed by atoms with van der Waals surface area (Å²) < 4.78 is 25.8. The van der Waals surface area contributed by atoms with Crippen LogP contribution in [-0.2, 0) is 15.4 Å². The van der Waals surface area contributed by atoms with Crippen LogP contribution in [-0.4, -0.2) is 50.4 Å². The Bertz CT molecular complexity index is 776. The molecule has 1 saturated heterocycles. The summed E-state index contributed by atoms with van der Waals surface area (Å²) in [6.07, 6.45) is 9.19. The fourth-order valence-electron chi connectivity index (χ4n) is 5.17. The van der Waals surface area contributed by atoms with Gasteiger partial charge < -0.3 is 10.0 Å². The van der Waals surface area contributed by atoms with E-state index in [0.29, 0.717) is 17.5 Å². The summed E-state index contributed by atoms with van der Waals surface area (Å²) in [5.74, 6) is 0.956. The molecule has 1 saturated carbocycles. The van der Waals surface area contributed by atoms with Crippen molar-refractivity contribution in [3.63, 3.8) is 0 Å². The van der Waals surface area contributed by atoms with Crippen molar-refractivity contribution in [3.05, 3.63) is 29.8 Å². The van der Waals surface area contributed by atoms with Crippen LogP contribution in [0.4, 0.5) is 5.69 Å². The van der Waals surface area contributed by atoms with Gasteiger partial charge in [0, 0.05) is 18.8 Å². The Labute approximate surface area is 176 Å². The molecule has 1 aliphatic heterocycles. The van der Waals surface area contributed by atoms with E-state index in [2.05, 4.69) is 29.5 Å². The van der Waals surface area contributed by atoms with Crippen LogP contribution in [0.15, 0.2) is 24.3 Å². The van der Waals surface area contributed by atoms with Gasteiger partial charge >= 0.3 is 0 Å². The zero-order valence-electron chi connectivity index (χ0n) is 18.2. The van der Waals surface area contributed by atoms with Crippen LogP contribution >= 0.6 is 0 Å². The lowest BCUT2D eigenvalue weighted by atomic mass is 9.68. The predicted molar refractivity (Wildman–Crippen MR) is 120 cm³/mol. The van der Waals surface area contributed by atoms with Gasteiger partial charge in [0.2, 0.25) is 10.0 Å². The Hall–Kier alpha value is -1.11. The average Bonchev–Trinajstić information content (AvgIpc) is 2.68. The Morgan fingerprint density at radius 3 is 2.66 bits per heavy atom. The molecule has 5 nitrogen and oxygen atoms in total. The molecule has 2 aliphatic rings. The molecule has 29 heavy (non-hydrogen) atoms. The zero-order chi connectivity index (χ0) is 21.1. The van der Waals surface area contributed by atoms with E-state index in [4.69, 9.17) is 0 Å². The van der Waals surface area contributed by atoms with E-state index in [9.17, 15) is 13.5 Å². The summed E-state index contributed by atoms with van der Waals surface area (Å²) in [6.45, 7) is 7.58. The lowest BCUT2D eigenvalue weighted by Gasteiger charge is -2.45. The minimum absolute atomic E-state index is 0.0215. The SMILES string of the molecule is C[C@H]1CN(CC[C@H](O)C2CCCCC2)CC[C@]1(C)c1cccc(NS(C)(=O)=O)c1. The number of nitrogens with zero attached hydrogens (tertiary/aromatic N) is 1. The largest absolute Gasteiger partial charge is 0.393 e. The summed E-state index contributed by atoms with van der Waals surface area (Å²) in [5, 5.41) is 10.6. The van der Waals surface area contributed by atoms with Crippen LogP contribution in [0.2, 0.25) is 0 Å². The third kappa shape index (κ3) is 5.96. The van der Waals surface area contributed by atoms with E-state index < -0.39 is 10.0 Å². The third-order valence-corrected chi connectivity index (χ3v) is 7.93. The van der Waals surface area contributed by atoms with Crippen molar-refractivity contribution in [2.45, 2.75) is 70.3 Å². The fraction of sp³-hybridized carbons (Fsp3) is 0.739. The molecule has 3 rings (SSSR count). The maximum Gasteiger partial charge on any atom is 0.229 e. The van der Waals surface area contributed by atoms with Gasteiger partial charge in [0.15, 0.2) is 0 Å². The number of likely N-dealkylation sites (tertiary alicyclic amines) is 1. The van der Waals surface area contributed by atoms with Crippen LogP contribution in [0.25, 0.3) is 0 Å². The number of hydrogen-bond donors (Lipinski definition) is 2. The van der Waals surface area contributed by atoms with Crippen molar-refractivity contribution < 1.29 is 13.5 Å². The Morgan fingerprint density at radius 1 is 1.28 bits per heavy atom. The van der Waals surface area contributed by atoms with Crippen molar-refractivity contribution >= 4 is 15.7 Å². The van der Waals surface area contributed by atoms with E-state index in [-0.39, 0.29) is 11.5 Å². The van der Waals surface area contributed by atoms with Gasteiger partial charge in [0.25, 0.3) is 0 Å². The van der Waals surface area contributed by atoms with Gasteiger partial charge in [-0.05, 0) is 67.2 Å². The highest BCUT2D eigenvalue weighted by Gasteiger charge is 2.38. The molecule has 0 spiro atoms. The van der Waals surface area contributed by atoms with E-state index in [1.165, 1.54) is 43.9 Å². The second-order valence-corrected chi connectivity index (χ2v) is 11.3. The normalized spacial score (nSPS) is 28.2. The first-order chi connectivity index (χ1) is 13.7. The van der Waals surface area contributed by atoms with E-state index in [1.54, 1.807) is 6.07 Å². The number of aliphatic hydroxyl groups is 1. The number of hydrogen-bond acceptors (Lipinski definition) is 4. The van der Waals surface area contributed by atoms with Gasteiger partial charge in [-0.1, -0.05) is 45.2 Å².